The molecule has 0 radical (unpaired) electrons. The Morgan fingerprint density at radius 1 is 0.411 bits per heavy atom. The highest BCUT2D eigenvalue weighted by Gasteiger charge is 2.21. The van der Waals surface area contributed by atoms with Gasteiger partial charge in [-0.3, -0.25) is 0 Å². The van der Waals surface area contributed by atoms with E-state index in [-0.39, 0.29) is 23.5 Å². The van der Waals surface area contributed by atoms with Crippen LogP contribution in [0.4, 0.5) is 0 Å². The van der Waals surface area contributed by atoms with Crippen molar-refractivity contribution in [3.05, 3.63) is 194 Å². The number of aromatic nitrogens is 4. The summed E-state index contributed by atoms with van der Waals surface area (Å²) in [5, 5.41) is 4.36. The van der Waals surface area contributed by atoms with Crippen molar-refractivity contribution in [2.24, 2.45) is 0 Å². The molecule has 11 aromatic rings. The number of rotatable bonds is 6. The molecule has 0 aliphatic carbocycles. The first-order chi connectivity index (χ1) is 29.8. The van der Waals surface area contributed by atoms with Gasteiger partial charge in [-0.1, -0.05) is 158 Å². The van der Waals surface area contributed by atoms with E-state index in [1.165, 1.54) is 0 Å². The average molecular weight is 738 g/mol. The topological polar surface area (TPSA) is 43.6 Å². The molecule has 0 amide bonds. The van der Waals surface area contributed by atoms with Crippen molar-refractivity contribution < 1.29 is 6.85 Å². The van der Waals surface area contributed by atoms with Crippen molar-refractivity contribution in [2.75, 3.05) is 0 Å². The number of benzene rings is 8. The molecule has 3 heterocycles. The van der Waals surface area contributed by atoms with Crippen LogP contribution in [-0.2, 0) is 0 Å². The second-order valence-corrected chi connectivity index (χ2v) is 14.7. The molecule has 0 bridgehead atoms. The second-order valence-electron chi connectivity index (χ2n) is 13.7. The average Bonchev–Trinajstić information content (AvgIpc) is 3.86. The molecule has 5 heteroatoms. The highest BCUT2D eigenvalue weighted by molar-refractivity contribution is 7.26. The van der Waals surface area contributed by atoms with E-state index in [2.05, 4.69) is 132 Å². The third-order valence-electron chi connectivity index (χ3n) is 10.3. The summed E-state index contributed by atoms with van der Waals surface area (Å²) in [5.41, 5.74) is 8.87. The van der Waals surface area contributed by atoms with Crippen molar-refractivity contribution in [1.82, 2.24) is 19.5 Å². The van der Waals surface area contributed by atoms with Crippen LogP contribution in [0, 0.1) is 0 Å². The van der Waals surface area contributed by atoms with Gasteiger partial charge in [0.15, 0.2) is 17.5 Å². The molecular weight excluding hydrogens is 701 g/mol. The summed E-state index contributed by atoms with van der Waals surface area (Å²) in [7, 11) is 0. The Morgan fingerprint density at radius 2 is 0.982 bits per heavy atom. The van der Waals surface area contributed by atoms with Gasteiger partial charge in [0.2, 0.25) is 0 Å². The van der Waals surface area contributed by atoms with Crippen LogP contribution in [0.3, 0.4) is 0 Å². The SMILES string of the molecule is [2H]c1c([2H])c([2H])c(-c2nc(-c3ccccc3)nc(-c3cc(-n4c5ccccc5c5ccccc54)cc4c3sc3cc(-c5cccc(-c6ccccc6)c5)ccc34)n2)c([2H])c1[2H]. The van der Waals surface area contributed by atoms with Crippen LogP contribution < -0.4 is 0 Å². The molecule has 4 nitrogen and oxygen atoms in total. The molecule has 0 spiro atoms. The number of para-hydroxylation sites is 2. The fourth-order valence-electron chi connectivity index (χ4n) is 7.73. The molecule has 11 rings (SSSR count). The van der Waals surface area contributed by atoms with E-state index >= 15 is 0 Å². The zero-order valence-corrected chi connectivity index (χ0v) is 30.6. The Kier molecular flexibility index (Phi) is 6.49. The first-order valence-corrected chi connectivity index (χ1v) is 19.2. The molecular formula is C51H32N4S. The first-order valence-electron chi connectivity index (χ1n) is 20.9. The molecule has 56 heavy (non-hydrogen) atoms. The number of hydrogen-bond donors (Lipinski definition) is 0. The van der Waals surface area contributed by atoms with Gasteiger partial charge in [0, 0.05) is 53.3 Å². The Balaban J connectivity index is 1.21. The molecule has 0 N–H and O–H groups in total. The lowest BCUT2D eigenvalue weighted by Gasteiger charge is -2.13. The van der Waals surface area contributed by atoms with Crippen LogP contribution >= 0.6 is 11.3 Å². The monoisotopic (exact) mass is 737 g/mol. The summed E-state index contributed by atoms with van der Waals surface area (Å²) in [6.45, 7) is 0. The molecule has 0 fully saturated rings. The van der Waals surface area contributed by atoms with Gasteiger partial charge in [-0.15, -0.1) is 11.3 Å². The van der Waals surface area contributed by atoms with E-state index in [9.17, 15) is 0 Å². The standard InChI is InChI=1S/C51H32N4S/c1-4-15-33(16-5-1)36-21-14-22-37(29-36)38-27-28-42-43-31-39(55-45-25-12-10-23-40(45)41-24-11-13-26-46(41)55)32-44(48(43)56-47(42)30-38)51-53-49(34-17-6-2-7-18-34)52-50(54-51)35-19-8-3-9-20-35/h1-32H/i2D,6D,7D,17D,18D. The predicted octanol–water partition coefficient (Wildman–Crippen LogP) is 13.7. The van der Waals surface area contributed by atoms with Crippen molar-refractivity contribution in [3.63, 3.8) is 0 Å². The largest absolute Gasteiger partial charge is 0.309 e. The fourth-order valence-corrected chi connectivity index (χ4v) is 8.97. The number of fused-ring (bicyclic) bond motifs is 6. The minimum Gasteiger partial charge on any atom is -0.309 e. The lowest BCUT2D eigenvalue weighted by Crippen LogP contribution is -2.01. The smallest absolute Gasteiger partial charge is 0.165 e. The maximum atomic E-state index is 8.89. The van der Waals surface area contributed by atoms with Crippen LogP contribution in [0.1, 0.15) is 6.85 Å². The van der Waals surface area contributed by atoms with Crippen LogP contribution in [0.25, 0.3) is 104 Å². The lowest BCUT2D eigenvalue weighted by molar-refractivity contribution is 1.07. The fraction of sp³-hybridized carbons (Fsp3) is 0. The third kappa shape index (κ3) is 5.48. The quantitative estimate of drug-likeness (QED) is 0.171. The number of thiophene rings is 1. The summed E-state index contributed by atoms with van der Waals surface area (Å²) < 4.78 is 47.3. The number of nitrogens with zero attached hydrogens (tertiary/aromatic N) is 4. The minimum atomic E-state index is -0.478. The molecule has 8 aromatic carbocycles. The second kappa shape index (κ2) is 13.3. The van der Waals surface area contributed by atoms with Gasteiger partial charge in [-0.2, -0.15) is 0 Å². The van der Waals surface area contributed by atoms with Gasteiger partial charge >= 0.3 is 0 Å². The van der Waals surface area contributed by atoms with Crippen LogP contribution in [0.15, 0.2) is 194 Å². The Hall–Kier alpha value is -7.21. The van der Waals surface area contributed by atoms with Gasteiger partial charge in [0.25, 0.3) is 0 Å². The van der Waals surface area contributed by atoms with Crippen molar-refractivity contribution in [2.45, 2.75) is 0 Å². The van der Waals surface area contributed by atoms with E-state index in [0.717, 1.165) is 75.5 Å². The lowest BCUT2D eigenvalue weighted by atomic mass is 9.98. The van der Waals surface area contributed by atoms with Gasteiger partial charge in [0.05, 0.1) is 17.9 Å². The van der Waals surface area contributed by atoms with Crippen LogP contribution in [0.2, 0.25) is 0 Å². The van der Waals surface area contributed by atoms with Crippen LogP contribution in [0.5, 0.6) is 0 Å². The van der Waals surface area contributed by atoms with Crippen molar-refractivity contribution in [3.8, 4) is 62.1 Å². The maximum absolute atomic E-state index is 8.89. The molecule has 0 unspecified atom stereocenters. The third-order valence-corrected chi connectivity index (χ3v) is 11.5. The Labute approximate surface area is 334 Å². The molecule has 0 aliphatic heterocycles. The summed E-state index contributed by atoms with van der Waals surface area (Å²) in [5.74, 6) is 0.646. The Bertz CT molecular complexity index is 3470. The van der Waals surface area contributed by atoms with Crippen molar-refractivity contribution >= 4 is 53.3 Å². The zero-order valence-electron chi connectivity index (χ0n) is 34.8. The van der Waals surface area contributed by atoms with Gasteiger partial charge in [-0.25, -0.2) is 15.0 Å². The molecule has 0 atom stereocenters. The summed E-state index contributed by atoms with van der Waals surface area (Å²) >= 11 is 1.65. The van der Waals surface area contributed by atoms with E-state index in [1.54, 1.807) is 11.3 Å². The molecule has 0 saturated heterocycles. The first kappa shape index (κ1) is 27.4. The van der Waals surface area contributed by atoms with E-state index < -0.39 is 18.1 Å². The summed E-state index contributed by atoms with van der Waals surface area (Å²) in [6.07, 6.45) is 0. The normalized spacial score (nSPS) is 12.8. The minimum absolute atomic E-state index is 0.00188. The summed E-state index contributed by atoms with van der Waals surface area (Å²) in [6, 6.07) is 54.1. The molecule has 262 valence electrons. The summed E-state index contributed by atoms with van der Waals surface area (Å²) in [4.78, 5) is 14.9. The highest BCUT2D eigenvalue weighted by Crippen LogP contribution is 2.44. The molecule has 3 aromatic heterocycles. The highest BCUT2D eigenvalue weighted by atomic mass is 32.1. The van der Waals surface area contributed by atoms with Gasteiger partial charge in [-0.05, 0) is 58.7 Å². The number of hydrogen-bond acceptors (Lipinski definition) is 4. The molecule has 0 aliphatic rings. The van der Waals surface area contributed by atoms with E-state index in [1.807, 2.05) is 36.4 Å². The Morgan fingerprint density at radius 3 is 1.70 bits per heavy atom. The predicted molar refractivity (Wildman–Crippen MR) is 234 cm³/mol. The van der Waals surface area contributed by atoms with Gasteiger partial charge < -0.3 is 4.57 Å². The maximum Gasteiger partial charge on any atom is 0.165 e. The van der Waals surface area contributed by atoms with Crippen LogP contribution in [-0.4, -0.2) is 19.5 Å². The van der Waals surface area contributed by atoms with Gasteiger partial charge in [0.1, 0.15) is 0 Å². The molecule has 0 saturated carbocycles. The van der Waals surface area contributed by atoms with Crippen molar-refractivity contribution in [1.29, 1.82) is 0 Å². The van der Waals surface area contributed by atoms with E-state index in [0.29, 0.717) is 17.2 Å². The zero-order chi connectivity index (χ0) is 41.4. The van der Waals surface area contributed by atoms with E-state index in [4.69, 9.17) is 21.8 Å².